The van der Waals surface area contributed by atoms with Gasteiger partial charge in [-0.2, -0.15) is 0 Å². The largest absolute Gasteiger partial charge is 0.481 e. The molecular weight excluding hydrogens is 246 g/mol. The zero-order chi connectivity index (χ0) is 12.5. The van der Waals surface area contributed by atoms with Gasteiger partial charge in [0, 0.05) is 17.0 Å². The molecule has 2 aliphatic rings. The number of carboxylic acids is 1. The summed E-state index contributed by atoms with van der Waals surface area (Å²) in [5.74, 6) is 0.102. The number of nitrogens with zero attached hydrogens (tertiary/aromatic N) is 1. The fourth-order valence-corrected chi connectivity index (χ4v) is 4.12. The smallest absolute Gasteiger partial charge is 0.304 e. The normalized spacial score (nSPS) is 26.3. The average Bonchev–Trinajstić information content (AvgIpc) is 2.83. The molecule has 1 aliphatic heterocycles. The number of hydrogen-bond donors (Lipinski definition) is 1. The lowest BCUT2D eigenvalue weighted by molar-refractivity contribution is -0.138. The standard InChI is InChI=1S/C14H19NO2S/c16-13(17)9-11-3-1-7-15(11)14(10-5-6-10)12-4-2-8-18-12/h2,4,8,10-11,14H,1,3,5-7,9H2,(H,16,17). The molecule has 98 valence electrons. The maximum absolute atomic E-state index is 11.0. The van der Waals surface area contributed by atoms with Gasteiger partial charge in [0.1, 0.15) is 0 Å². The molecule has 1 aromatic rings. The van der Waals surface area contributed by atoms with E-state index in [2.05, 4.69) is 22.4 Å². The first kappa shape index (κ1) is 12.2. The molecule has 2 unspecified atom stereocenters. The summed E-state index contributed by atoms with van der Waals surface area (Å²) in [6.45, 7) is 1.07. The highest BCUT2D eigenvalue weighted by Crippen LogP contribution is 2.48. The Balaban J connectivity index is 1.79. The number of likely N-dealkylation sites (tertiary alicyclic amines) is 1. The van der Waals surface area contributed by atoms with Gasteiger partial charge in [-0.05, 0) is 49.6 Å². The lowest BCUT2D eigenvalue weighted by Crippen LogP contribution is -2.35. The molecule has 0 spiro atoms. The van der Waals surface area contributed by atoms with Crippen LogP contribution in [0.2, 0.25) is 0 Å². The predicted molar refractivity (Wildman–Crippen MR) is 71.8 cm³/mol. The maximum Gasteiger partial charge on any atom is 0.304 e. The van der Waals surface area contributed by atoms with Gasteiger partial charge in [0.2, 0.25) is 0 Å². The van der Waals surface area contributed by atoms with Gasteiger partial charge in [0.15, 0.2) is 0 Å². The molecule has 2 heterocycles. The second-order valence-electron chi connectivity index (χ2n) is 5.43. The summed E-state index contributed by atoms with van der Waals surface area (Å²) in [5, 5.41) is 11.2. The molecule has 1 aliphatic carbocycles. The second kappa shape index (κ2) is 5.02. The third kappa shape index (κ3) is 2.45. The molecule has 18 heavy (non-hydrogen) atoms. The molecular formula is C14H19NO2S. The Hall–Kier alpha value is -0.870. The van der Waals surface area contributed by atoms with Crippen molar-refractivity contribution in [2.24, 2.45) is 5.92 Å². The molecule has 3 rings (SSSR count). The number of carboxylic acid groups (broad SMARTS) is 1. The Morgan fingerprint density at radius 2 is 2.33 bits per heavy atom. The average molecular weight is 265 g/mol. The van der Waals surface area contributed by atoms with Crippen LogP contribution >= 0.6 is 11.3 Å². The van der Waals surface area contributed by atoms with Crippen molar-refractivity contribution in [3.8, 4) is 0 Å². The highest BCUT2D eigenvalue weighted by Gasteiger charge is 2.41. The SMILES string of the molecule is O=C(O)CC1CCCN1C(c1cccs1)C1CC1. The topological polar surface area (TPSA) is 40.5 Å². The Bertz CT molecular complexity index is 413. The minimum atomic E-state index is -0.660. The van der Waals surface area contributed by atoms with Gasteiger partial charge in [0.05, 0.1) is 6.42 Å². The van der Waals surface area contributed by atoms with Gasteiger partial charge >= 0.3 is 5.97 Å². The molecule has 1 saturated carbocycles. The lowest BCUT2D eigenvalue weighted by atomic mass is 10.1. The van der Waals surface area contributed by atoms with Gasteiger partial charge in [-0.15, -0.1) is 11.3 Å². The Kier molecular flexibility index (Phi) is 3.39. The van der Waals surface area contributed by atoms with Crippen LogP contribution in [0.15, 0.2) is 17.5 Å². The summed E-state index contributed by atoms with van der Waals surface area (Å²) in [5.41, 5.74) is 0. The van der Waals surface area contributed by atoms with Crippen molar-refractivity contribution in [2.75, 3.05) is 6.54 Å². The molecule has 1 N–H and O–H groups in total. The third-order valence-electron chi connectivity index (χ3n) is 4.09. The molecule has 0 bridgehead atoms. The number of hydrogen-bond acceptors (Lipinski definition) is 3. The molecule has 0 aromatic carbocycles. The van der Waals surface area contributed by atoms with Crippen LogP contribution in [0.1, 0.15) is 43.0 Å². The van der Waals surface area contributed by atoms with E-state index in [0.717, 1.165) is 25.3 Å². The van der Waals surface area contributed by atoms with Crippen LogP contribution in [0.4, 0.5) is 0 Å². The molecule has 0 radical (unpaired) electrons. The second-order valence-corrected chi connectivity index (χ2v) is 6.41. The monoisotopic (exact) mass is 265 g/mol. The Morgan fingerprint density at radius 3 is 2.94 bits per heavy atom. The first-order valence-electron chi connectivity index (χ1n) is 6.76. The number of rotatable bonds is 5. The highest BCUT2D eigenvalue weighted by atomic mass is 32.1. The Morgan fingerprint density at radius 1 is 1.50 bits per heavy atom. The van der Waals surface area contributed by atoms with Gasteiger partial charge < -0.3 is 5.11 Å². The van der Waals surface area contributed by atoms with E-state index in [9.17, 15) is 4.79 Å². The summed E-state index contributed by atoms with van der Waals surface area (Å²) in [6.07, 6.45) is 5.10. The van der Waals surface area contributed by atoms with Gasteiger partial charge in [-0.1, -0.05) is 6.07 Å². The predicted octanol–water partition coefficient (Wildman–Crippen LogP) is 3.14. The summed E-state index contributed by atoms with van der Waals surface area (Å²) in [4.78, 5) is 14.9. The summed E-state index contributed by atoms with van der Waals surface area (Å²) >= 11 is 1.82. The summed E-state index contributed by atoms with van der Waals surface area (Å²) < 4.78 is 0. The van der Waals surface area contributed by atoms with E-state index in [1.54, 1.807) is 0 Å². The van der Waals surface area contributed by atoms with E-state index in [4.69, 9.17) is 5.11 Å². The van der Waals surface area contributed by atoms with Crippen molar-refractivity contribution >= 4 is 17.3 Å². The first-order valence-corrected chi connectivity index (χ1v) is 7.64. The summed E-state index contributed by atoms with van der Waals surface area (Å²) in [6, 6.07) is 5.05. The first-order chi connectivity index (χ1) is 8.75. The maximum atomic E-state index is 11.0. The number of thiophene rings is 1. The lowest BCUT2D eigenvalue weighted by Gasteiger charge is -2.32. The van der Waals surface area contributed by atoms with E-state index >= 15 is 0 Å². The highest BCUT2D eigenvalue weighted by molar-refractivity contribution is 7.10. The van der Waals surface area contributed by atoms with E-state index in [-0.39, 0.29) is 6.04 Å². The van der Waals surface area contributed by atoms with Crippen LogP contribution in [0.25, 0.3) is 0 Å². The van der Waals surface area contributed by atoms with Crippen molar-refractivity contribution in [1.82, 2.24) is 4.90 Å². The third-order valence-corrected chi connectivity index (χ3v) is 5.04. The number of aliphatic carboxylic acids is 1. The number of carbonyl (C=O) groups is 1. The van der Waals surface area contributed by atoms with Crippen molar-refractivity contribution in [2.45, 2.75) is 44.2 Å². The molecule has 2 fully saturated rings. The van der Waals surface area contributed by atoms with E-state index in [1.807, 2.05) is 11.3 Å². The van der Waals surface area contributed by atoms with Crippen LogP contribution in [-0.4, -0.2) is 28.6 Å². The van der Waals surface area contributed by atoms with Crippen LogP contribution in [0.5, 0.6) is 0 Å². The van der Waals surface area contributed by atoms with E-state index in [1.165, 1.54) is 17.7 Å². The molecule has 1 aromatic heterocycles. The fraction of sp³-hybridized carbons (Fsp3) is 0.643. The Labute approximate surface area is 111 Å². The van der Waals surface area contributed by atoms with Gasteiger partial charge in [0.25, 0.3) is 0 Å². The van der Waals surface area contributed by atoms with Crippen LogP contribution in [0.3, 0.4) is 0 Å². The molecule has 4 heteroatoms. The summed E-state index contributed by atoms with van der Waals surface area (Å²) in [7, 11) is 0. The molecule has 0 amide bonds. The van der Waals surface area contributed by atoms with Crippen LogP contribution in [0, 0.1) is 5.92 Å². The minimum Gasteiger partial charge on any atom is -0.481 e. The molecule has 3 nitrogen and oxygen atoms in total. The van der Waals surface area contributed by atoms with Crippen LogP contribution < -0.4 is 0 Å². The zero-order valence-electron chi connectivity index (χ0n) is 10.4. The fourth-order valence-electron chi connectivity index (χ4n) is 3.18. The van der Waals surface area contributed by atoms with E-state index in [0.29, 0.717) is 12.5 Å². The molecule has 1 saturated heterocycles. The zero-order valence-corrected chi connectivity index (χ0v) is 11.2. The van der Waals surface area contributed by atoms with Crippen molar-refractivity contribution in [3.05, 3.63) is 22.4 Å². The van der Waals surface area contributed by atoms with Gasteiger partial charge in [-0.3, -0.25) is 9.69 Å². The van der Waals surface area contributed by atoms with Crippen molar-refractivity contribution in [1.29, 1.82) is 0 Å². The quantitative estimate of drug-likeness (QED) is 0.889. The van der Waals surface area contributed by atoms with Gasteiger partial charge in [-0.25, -0.2) is 0 Å². The van der Waals surface area contributed by atoms with Crippen molar-refractivity contribution in [3.63, 3.8) is 0 Å². The van der Waals surface area contributed by atoms with Crippen LogP contribution in [-0.2, 0) is 4.79 Å². The minimum absolute atomic E-state index is 0.246. The van der Waals surface area contributed by atoms with Crippen molar-refractivity contribution < 1.29 is 9.90 Å². The van der Waals surface area contributed by atoms with E-state index < -0.39 is 5.97 Å². The molecule has 2 atom stereocenters.